The summed E-state index contributed by atoms with van der Waals surface area (Å²) in [6.07, 6.45) is 0.805. The molecule has 1 heterocycles. The van der Waals surface area contributed by atoms with E-state index in [0.717, 1.165) is 25.2 Å². The number of likely N-dealkylation sites (N-methyl/N-ethyl adjacent to an activating group) is 1. The van der Waals surface area contributed by atoms with E-state index in [4.69, 9.17) is 5.26 Å². The van der Waals surface area contributed by atoms with Crippen LogP contribution in [0.25, 0.3) is 0 Å². The fourth-order valence-corrected chi connectivity index (χ4v) is 4.87. The van der Waals surface area contributed by atoms with E-state index in [2.05, 4.69) is 23.2 Å². The van der Waals surface area contributed by atoms with Gasteiger partial charge in [0.2, 0.25) is 15.9 Å². The number of nitrogens with zero attached hydrogens (tertiary/aromatic N) is 3. The standard InChI is InChI=1S/C22H26N4O3S/c1-2-25-12-14-26(15-13-25)30(28,29)21-5-3-4-20(16-21)24-22(27)11-10-18-6-8-19(17-23)9-7-18/h3-9,16H,2,10-15H2,1H3,(H,24,27). The molecule has 1 saturated heterocycles. The molecule has 1 N–H and O–H groups in total. The molecule has 0 aromatic heterocycles. The van der Waals surface area contributed by atoms with Crippen LogP contribution in [0.15, 0.2) is 53.4 Å². The summed E-state index contributed by atoms with van der Waals surface area (Å²) in [6, 6.07) is 15.6. The van der Waals surface area contributed by atoms with Gasteiger partial charge < -0.3 is 10.2 Å². The summed E-state index contributed by atoms with van der Waals surface area (Å²) in [5.74, 6) is -0.189. The maximum Gasteiger partial charge on any atom is 0.243 e. The Morgan fingerprint density at radius 3 is 2.43 bits per heavy atom. The van der Waals surface area contributed by atoms with Crippen LogP contribution in [-0.2, 0) is 21.2 Å². The van der Waals surface area contributed by atoms with Crippen LogP contribution < -0.4 is 5.32 Å². The summed E-state index contributed by atoms with van der Waals surface area (Å²) in [5, 5.41) is 11.6. The number of anilines is 1. The predicted molar refractivity (Wildman–Crippen MR) is 115 cm³/mol. The van der Waals surface area contributed by atoms with Gasteiger partial charge in [0.25, 0.3) is 0 Å². The zero-order valence-corrected chi connectivity index (χ0v) is 17.9. The Balaban J connectivity index is 1.60. The van der Waals surface area contributed by atoms with Crippen LogP contribution in [0.2, 0.25) is 0 Å². The van der Waals surface area contributed by atoms with Crippen LogP contribution in [-0.4, -0.2) is 56.3 Å². The zero-order chi connectivity index (χ0) is 21.6. The Labute approximate surface area is 178 Å². The molecule has 0 radical (unpaired) electrons. The van der Waals surface area contributed by atoms with Crippen LogP contribution in [0, 0.1) is 11.3 Å². The third-order valence-corrected chi connectivity index (χ3v) is 7.15. The average molecular weight is 427 g/mol. The lowest BCUT2D eigenvalue weighted by atomic mass is 10.1. The molecule has 1 aliphatic heterocycles. The Hall–Kier alpha value is -2.73. The minimum absolute atomic E-state index is 0.189. The van der Waals surface area contributed by atoms with E-state index in [1.165, 1.54) is 10.4 Å². The first-order chi connectivity index (χ1) is 14.4. The second kappa shape index (κ2) is 9.85. The maximum atomic E-state index is 13.0. The number of hydrogen-bond acceptors (Lipinski definition) is 5. The molecule has 0 unspecified atom stereocenters. The number of piperazine rings is 1. The highest BCUT2D eigenvalue weighted by molar-refractivity contribution is 7.89. The van der Waals surface area contributed by atoms with E-state index in [-0.39, 0.29) is 17.2 Å². The Bertz CT molecular complexity index is 1020. The predicted octanol–water partition coefficient (Wildman–Crippen LogP) is 2.46. The highest BCUT2D eigenvalue weighted by Crippen LogP contribution is 2.21. The van der Waals surface area contributed by atoms with Crippen molar-refractivity contribution in [1.29, 1.82) is 5.26 Å². The molecule has 1 aliphatic rings. The maximum absolute atomic E-state index is 13.0. The van der Waals surface area contributed by atoms with Gasteiger partial charge >= 0.3 is 0 Å². The smallest absolute Gasteiger partial charge is 0.243 e. The van der Waals surface area contributed by atoms with Gasteiger partial charge in [0.15, 0.2) is 0 Å². The van der Waals surface area contributed by atoms with E-state index >= 15 is 0 Å². The highest BCUT2D eigenvalue weighted by Gasteiger charge is 2.28. The molecule has 2 aromatic rings. The quantitative estimate of drug-likeness (QED) is 0.734. The monoisotopic (exact) mass is 426 g/mol. The zero-order valence-electron chi connectivity index (χ0n) is 17.0. The van der Waals surface area contributed by atoms with Gasteiger partial charge in [-0.05, 0) is 48.9 Å². The molecule has 30 heavy (non-hydrogen) atoms. The molecular formula is C22H26N4O3S. The average Bonchev–Trinajstić information content (AvgIpc) is 2.78. The van der Waals surface area contributed by atoms with Gasteiger partial charge in [-0.1, -0.05) is 25.1 Å². The number of hydrogen-bond donors (Lipinski definition) is 1. The number of nitriles is 1. The lowest BCUT2D eigenvalue weighted by Gasteiger charge is -2.33. The van der Waals surface area contributed by atoms with Gasteiger partial charge in [0.05, 0.1) is 16.5 Å². The molecular weight excluding hydrogens is 400 g/mol. The summed E-state index contributed by atoms with van der Waals surface area (Å²) in [4.78, 5) is 14.7. The molecule has 3 rings (SSSR count). The van der Waals surface area contributed by atoms with Crippen LogP contribution in [0.4, 0.5) is 5.69 Å². The SMILES string of the molecule is CCN1CCN(S(=O)(=O)c2cccc(NC(=O)CCc3ccc(C#N)cc3)c2)CC1. The van der Waals surface area contributed by atoms with Crippen molar-refractivity contribution in [3.05, 3.63) is 59.7 Å². The Kier molecular flexibility index (Phi) is 7.21. The van der Waals surface area contributed by atoms with E-state index < -0.39 is 10.0 Å². The van der Waals surface area contributed by atoms with Crippen molar-refractivity contribution < 1.29 is 13.2 Å². The van der Waals surface area contributed by atoms with E-state index in [9.17, 15) is 13.2 Å². The van der Waals surface area contributed by atoms with Crippen molar-refractivity contribution in [3.8, 4) is 6.07 Å². The number of nitrogens with one attached hydrogen (secondary N) is 1. The van der Waals surface area contributed by atoms with Crippen molar-refractivity contribution in [2.45, 2.75) is 24.7 Å². The van der Waals surface area contributed by atoms with Gasteiger partial charge in [-0.2, -0.15) is 9.57 Å². The summed E-state index contributed by atoms with van der Waals surface area (Å²) in [6.45, 7) is 5.37. The van der Waals surface area contributed by atoms with Crippen LogP contribution in [0.3, 0.4) is 0 Å². The lowest BCUT2D eigenvalue weighted by molar-refractivity contribution is -0.116. The minimum Gasteiger partial charge on any atom is -0.326 e. The molecule has 1 fully saturated rings. The first-order valence-electron chi connectivity index (χ1n) is 10.0. The molecule has 0 atom stereocenters. The molecule has 158 valence electrons. The lowest BCUT2D eigenvalue weighted by Crippen LogP contribution is -2.48. The molecule has 8 heteroatoms. The summed E-state index contributed by atoms with van der Waals surface area (Å²) in [7, 11) is -3.58. The van der Waals surface area contributed by atoms with Crippen molar-refractivity contribution in [3.63, 3.8) is 0 Å². The van der Waals surface area contributed by atoms with Gasteiger partial charge in [0, 0.05) is 38.3 Å². The first-order valence-corrected chi connectivity index (χ1v) is 11.5. The molecule has 0 spiro atoms. The number of carbonyl (C=O) groups is 1. The van der Waals surface area contributed by atoms with E-state index in [1.54, 1.807) is 30.3 Å². The van der Waals surface area contributed by atoms with Crippen LogP contribution >= 0.6 is 0 Å². The van der Waals surface area contributed by atoms with Crippen molar-refractivity contribution in [2.24, 2.45) is 0 Å². The Morgan fingerprint density at radius 1 is 1.10 bits per heavy atom. The number of sulfonamides is 1. The highest BCUT2D eigenvalue weighted by atomic mass is 32.2. The third-order valence-electron chi connectivity index (χ3n) is 5.26. The summed E-state index contributed by atoms with van der Waals surface area (Å²) < 4.78 is 27.4. The molecule has 0 aliphatic carbocycles. The van der Waals surface area contributed by atoms with E-state index in [1.807, 2.05) is 12.1 Å². The number of aryl methyl sites for hydroxylation is 1. The van der Waals surface area contributed by atoms with Crippen LogP contribution in [0.1, 0.15) is 24.5 Å². The van der Waals surface area contributed by atoms with Crippen molar-refractivity contribution >= 4 is 21.6 Å². The van der Waals surface area contributed by atoms with Gasteiger partial charge in [-0.15, -0.1) is 0 Å². The largest absolute Gasteiger partial charge is 0.326 e. The minimum atomic E-state index is -3.58. The molecule has 1 amide bonds. The Morgan fingerprint density at radius 2 is 1.80 bits per heavy atom. The first kappa shape index (κ1) is 22.0. The molecule has 2 aromatic carbocycles. The molecule has 0 saturated carbocycles. The van der Waals surface area contributed by atoms with Crippen molar-refractivity contribution in [2.75, 3.05) is 38.0 Å². The third kappa shape index (κ3) is 5.45. The second-order valence-electron chi connectivity index (χ2n) is 7.22. The molecule has 7 nitrogen and oxygen atoms in total. The van der Waals surface area contributed by atoms with E-state index in [0.29, 0.717) is 30.8 Å². The molecule has 0 bridgehead atoms. The summed E-state index contributed by atoms with van der Waals surface area (Å²) >= 11 is 0. The normalized spacial score (nSPS) is 15.5. The van der Waals surface area contributed by atoms with Crippen LogP contribution in [0.5, 0.6) is 0 Å². The van der Waals surface area contributed by atoms with Gasteiger partial charge in [-0.25, -0.2) is 8.42 Å². The van der Waals surface area contributed by atoms with Gasteiger partial charge in [-0.3, -0.25) is 4.79 Å². The fraction of sp³-hybridized carbons (Fsp3) is 0.364. The topological polar surface area (TPSA) is 93.5 Å². The van der Waals surface area contributed by atoms with Gasteiger partial charge in [0.1, 0.15) is 0 Å². The number of carbonyl (C=O) groups excluding carboxylic acids is 1. The number of amides is 1. The summed E-state index contributed by atoms with van der Waals surface area (Å²) in [5.41, 5.74) is 2.01. The van der Waals surface area contributed by atoms with Crippen molar-refractivity contribution in [1.82, 2.24) is 9.21 Å². The number of benzene rings is 2. The fourth-order valence-electron chi connectivity index (χ4n) is 3.40. The number of rotatable bonds is 7. The second-order valence-corrected chi connectivity index (χ2v) is 9.16.